The highest BCUT2D eigenvalue weighted by molar-refractivity contribution is 6.03. The average molecular weight is 345 g/mol. The lowest BCUT2D eigenvalue weighted by molar-refractivity contribution is 0.102. The minimum Gasteiger partial charge on any atom is -0.370 e. The van der Waals surface area contributed by atoms with Crippen LogP contribution in [-0.2, 0) is 6.54 Å². The molecular formula is C22H23N3O. The van der Waals surface area contributed by atoms with Gasteiger partial charge in [0.25, 0.3) is 5.91 Å². The SMILES string of the molecule is Cc1cccc(NC(=O)c2cc(N(C)Cc3ccccc3)ccn2)c1C. The number of nitrogens with zero attached hydrogens (tertiary/aromatic N) is 2. The van der Waals surface area contributed by atoms with Gasteiger partial charge in [0.2, 0.25) is 0 Å². The van der Waals surface area contributed by atoms with Gasteiger partial charge in [0.05, 0.1) is 0 Å². The molecule has 2 aromatic carbocycles. The van der Waals surface area contributed by atoms with E-state index in [1.807, 2.05) is 69.4 Å². The predicted molar refractivity (Wildman–Crippen MR) is 107 cm³/mol. The van der Waals surface area contributed by atoms with Gasteiger partial charge in [-0.15, -0.1) is 0 Å². The fourth-order valence-corrected chi connectivity index (χ4v) is 2.80. The van der Waals surface area contributed by atoms with E-state index in [9.17, 15) is 4.79 Å². The van der Waals surface area contributed by atoms with Gasteiger partial charge in [-0.05, 0) is 48.7 Å². The Balaban J connectivity index is 1.76. The molecule has 3 rings (SSSR count). The number of amides is 1. The molecule has 26 heavy (non-hydrogen) atoms. The summed E-state index contributed by atoms with van der Waals surface area (Å²) in [7, 11) is 2.01. The normalized spacial score (nSPS) is 10.4. The van der Waals surface area contributed by atoms with Crippen molar-refractivity contribution in [2.75, 3.05) is 17.3 Å². The quantitative estimate of drug-likeness (QED) is 0.736. The van der Waals surface area contributed by atoms with Gasteiger partial charge in [-0.2, -0.15) is 0 Å². The Kier molecular flexibility index (Phi) is 5.32. The number of carbonyl (C=O) groups is 1. The first-order chi connectivity index (χ1) is 12.5. The van der Waals surface area contributed by atoms with E-state index >= 15 is 0 Å². The first-order valence-corrected chi connectivity index (χ1v) is 8.63. The number of anilines is 2. The molecule has 132 valence electrons. The molecule has 1 N–H and O–H groups in total. The number of rotatable bonds is 5. The van der Waals surface area contributed by atoms with Crippen LogP contribution in [0.25, 0.3) is 0 Å². The summed E-state index contributed by atoms with van der Waals surface area (Å²) < 4.78 is 0. The lowest BCUT2D eigenvalue weighted by Crippen LogP contribution is -2.19. The Labute approximate surface area is 154 Å². The van der Waals surface area contributed by atoms with E-state index in [1.165, 1.54) is 5.56 Å². The Bertz CT molecular complexity index is 906. The average Bonchev–Trinajstić information content (AvgIpc) is 2.66. The molecule has 0 spiro atoms. The number of hydrogen-bond acceptors (Lipinski definition) is 3. The van der Waals surface area contributed by atoms with Crippen molar-refractivity contribution in [2.45, 2.75) is 20.4 Å². The van der Waals surface area contributed by atoms with Crippen molar-refractivity contribution in [3.8, 4) is 0 Å². The minimum atomic E-state index is -0.200. The second-order valence-corrected chi connectivity index (χ2v) is 6.44. The van der Waals surface area contributed by atoms with Crippen LogP contribution in [0.3, 0.4) is 0 Å². The summed E-state index contributed by atoms with van der Waals surface area (Å²) >= 11 is 0. The van der Waals surface area contributed by atoms with Crippen LogP contribution >= 0.6 is 0 Å². The van der Waals surface area contributed by atoms with Crippen molar-refractivity contribution in [3.05, 3.63) is 89.2 Å². The molecule has 0 fully saturated rings. The van der Waals surface area contributed by atoms with Crippen molar-refractivity contribution >= 4 is 17.3 Å². The summed E-state index contributed by atoms with van der Waals surface area (Å²) in [6.07, 6.45) is 1.68. The Morgan fingerprint density at radius 2 is 1.81 bits per heavy atom. The molecule has 0 aliphatic rings. The largest absolute Gasteiger partial charge is 0.370 e. The maximum Gasteiger partial charge on any atom is 0.274 e. The molecule has 1 amide bonds. The van der Waals surface area contributed by atoms with E-state index in [-0.39, 0.29) is 5.91 Å². The Morgan fingerprint density at radius 3 is 2.58 bits per heavy atom. The zero-order valence-electron chi connectivity index (χ0n) is 15.4. The lowest BCUT2D eigenvalue weighted by atomic mass is 10.1. The van der Waals surface area contributed by atoms with Gasteiger partial charge in [-0.3, -0.25) is 9.78 Å². The number of aromatic nitrogens is 1. The molecule has 0 saturated heterocycles. The van der Waals surface area contributed by atoms with Gasteiger partial charge in [-0.25, -0.2) is 0 Å². The highest BCUT2D eigenvalue weighted by Gasteiger charge is 2.12. The van der Waals surface area contributed by atoms with Crippen LogP contribution in [0.1, 0.15) is 27.2 Å². The van der Waals surface area contributed by atoms with Gasteiger partial charge in [-0.1, -0.05) is 42.5 Å². The molecule has 0 radical (unpaired) electrons. The standard InChI is InChI=1S/C22H23N3O/c1-16-8-7-11-20(17(16)2)24-22(26)21-14-19(12-13-23-21)25(3)15-18-9-5-4-6-10-18/h4-14H,15H2,1-3H3,(H,24,26). The van der Waals surface area contributed by atoms with Crippen LogP contribution in [0.4, 0.5) is 11.4 Å². The molecule has 0 aliphatic heterocycles. The molecule has 1 heterocycles. The molecule has 0 unspecified atom stereocenters. The second kappa shape index (κ2) is 7.83. The zero-order chi connectivity index (χ0) is 18.5. The highest BCUT2D eigenvalue weighted by Crippen LogP contribution is 2.20. The second-order valence-electron chi connectivity index (χ2n) is 6.44. The molecule has 0 saturated carbocycles. The first-order valence-electron chi connectivity index (χ1n) is 8.63. The van der Waals surface area contributed by atoms with Crippen molar-refractivity contribution in [1.29, 1.82) is 0 Å². The van der Waals surface area contributed by atoms with Gasteiger partial charge in [0.1, 0.15) is 5.69 Å². The smallest absolute Gasteiger partial charge is 0.274 e. The maximum absolute atomic E-state index is 12.6. The monoisotopic (exact) mass is 345 g/mol. The summed E-state index contributed by atoms with van der Waals surface area (Å²) in [5.41, 5.74) is 5.61. The number of hydrogen-bond donors (Lipinski definition) is 1. The van der Waals surface area contributed by atoms with E-state index < -0.39 is 0 Å². The molecular weight excluding hydrogens is 322 g/mol. The minimum absolute atomic E-state index is 0.200. The Morgan fingerprint density at radius 1 is 1.04 bits per heavy atom. The first kappa shape index (κ1) is 17.7. The molecule has 3 aromatic rings. The third-order valence-electron chi connectivity index (χ3n) is 4.53. The van der Waals surface area contributed by atoms with Crippen molar-refractivity contribution in [1.82, 2.24) is 4.98 Å². The lowest BCUT2D eigenvalue weighted by Gasteiger charge is -2.20. The number of pyridine rings is 1. The number of nitrogens with one attached hydrogen (secondary N) is 1. The van der Waals surface area contributed by atoms with E-state index in [0.717, 1.165) is 29.0 Å². The van der Waals surface area contributed by atoms with Crippen LogP contribution in [0.15, 0.2) is 66.9 Å². The third-order valence-corrected chi connectivity index (χ3v) is 4.53. The number of benzene rings is 2. The summed E-state index contributed by atoms with van der Waals surface area (Å²) in [6, 6.07) is 19.9. The predicted octanol–water partition coefficient (Wildman–Crippen LogP) is 4.59. The van der Waals surface area contributed by atoms with Gasteiger partial charge < -0.3 is 10.2 Å². The highest BCUT2D eigenvalue weighted by atomic mass is 16.1. The summed E-state index contributed by atoms with van der Waals surface area (Å²) in [6.45, 7) is 4.80. The fourth-order valence-electron chi connectivity index (χ4n) is 2.80. The summed E-state index contributed by atoms with van der Waals surface area (Å²) in [5.74, 6) is -0.200. The van der Waals surface area contributed by atoms with Crippen LogP contribution in [0.2, 0.25) is 0 Å². The van der Waals surface area contributed by atoms with E-state index in [0.29, 0.717) is 5.69 Å². The molecule has 4 heteroatoms. The van der Waals surface area contributed by atoms with E-state index in [4.69, 9.17) is 0 Å². The molecule has 1 aromatic heterocycles. The van der Waals surface area contributed by atoms with Crippen molar-refractivity contribution < 1.29 is 4.79 Å². The van der Waals surface area contributed by atoms with E-state index in [1.54, 1.807) is 6.20 Å². The third kappa shape index (κ3) is 4.09. The Hall–Kier alpha value is -3.14. The molecule has 4 nitrogen and oxygen atoms in total. The topological polar surface area (TPSA) is 45.2 Å². The number of aryl methyl sites for hydroxylation is 1. The fraction of sp³-hybridized carbons (Fsp3) is 0.182. The molecule has 0 atom stereocenters. The van der Waals surface area contributed by atoms with Gasteiger partial charge >= 0.3 is 0 Å². The van der Waals surface area contributed by atoms with Gasteiger partial charge in [0.15, 0.2) is 0 Å². The van der Waals surface area contributed by atoms with E-state index in [2.05, 4.69) is 27.3 Å². The summed E-state index contributed by atoms with van der Waals surface area (Å²) in [4.78, 5) is 19.0. The number of carbonyl (C=O) groups excluding carboxylic acids is 1. The van der Waals surface area contributed by atoms with Crippen LogP contribution in [0.5, 0.6) is 0 Å². The van der Waals surface area contributed by atoms with Crippen LogP contribution < -0.4 is 10.2 Å². The zero-order valence-corrected chi connectivity index (χ0v) is 15.4. The van der Waals surface area contributed by atoms with Crippen LogP contribution in [-0.4, -0.2) is 17.9 Å². The van der Waals surface area contributed by atoms with Crippen LogP contribution in [0, 0.1) is 13.8 Å². The summed E-state index contributed by atoms with van der Waals surface area (Å²) in [5, 5.41) is 2.96. The van der Waals surface area contributed by atoms with Gasteiger partial charge in [0, 0.05) is 31.2 Å². The van der Waals surface area contributed by atoms with Crippen molar-refractivity contribution in [3.63, 3.8) is 0 Å². The maximum atomic E-state index is 12.6. The molecule has 0 bridgehead atoms. The van der Waals surface area contributed by atoms with Crippen molar-refractivity contribution in [2.24, 2.45) is 0 Å². The molecule has 0 aliphatic carbocycles.